The molecule has 0 spiro atoms. The molecule has 3 rings (SSSR count). The maximum absolute atomic E-state index is 12.6. The van der Waals surface area contributed by atoms with Crippen molar-refractivity contribution in [2.24, 2.45) is 0 Å². The first-order chi connectivity index (χ1) is 12.4. The van der Waals surface area contributed by atoms with E-state index in [9.17, 15) is 18.0 Å². The number of aromatic nitrogens is 3. The van der Waals surface area contributed by atoms with Crippen LogP contribution in [0.5, 0.6) is 0 Å². The van der Waals surface area contributed by atoms with Crippen molar-refractivity contribution in [2.45, 2.75) is 13.1 Å². The summed E-state index contributed by atoms with van der Waals surface area (Å²) in [6.07, 6.45) is -1.72. The molecule has 9 heteroatoms. The number of carbonyl (C=O) groups excluding carboxylic acids is 1. The fraction of sp³-hybridized carbons (Fsp3) is 0.176. The Morgan fingerprint density at radius 2 is 1.88 bits per heavy atom. The van der Waals surface area contributed by atoms with Gasteiger partial charge in [0.2, 0.25) is 5.65 Å². The molecule has 0 aliphatic heterocycles. The average molecular weight is 360 g/mol. The molecule has 2 amide bonds. The van der Waals surface area contributed by atoms with Gasteiger partial charge >= 0.3 is 23.9 Å². The quantitative estimate of drug-likeness (QED) is 0.753. The number of carbonyl (C=O) groups is 1. The van der Waals surface area contributed by atoms with E-state index < -0.39 is 17.8 Å². The van der Waals surface area contributed by atoms with Gasteiger partial charge in [-0.15, -0.1) is 0 Å². The van der Waals surface area contributed by atoms with Gasteiger partial charge in [0.1, 0.15) is 5.82 Å². The zero-order valence-electron chi connectivity index (χ0n) is 13.6. The van der Waals surface area contributed by atoms with E-state index in [1.54, 1.807) is 19.1 Å². The highest BCUT2D eigenvalue weighted by atomic mass is 19.4. The lowest BCUT2D eigenvalue weighted by atomic mass is 10.1. The summed E-state index contributed by atoms with van der Waals surface area (Å²) in [4.78, 5) is 24.1. The van der Waals surface area contributed by atoms with Gasteiger partial charge < -0.3 is 5.32 Å². The fourth-order valence-corrected chi connectivity index (χ4v) is 2.19. The smallest absolute Gasteiger partial charge is 0.338 e. The van der Waals surface area contributed by atoms with Gasteiger partial charge in [-0.25, -0.2) is 14.8 Å². The number of halogens is 3. The SMILES string of the molecule is CCNC(=O)Nc1ccc2[n+]#cc(-c3ccc(C(F)(F)F)cc3)nc2n1. The minimum Gasteiger partial charge on any atom is -0.338 e. The number of alkyl halides is 3. The standard InChI is InChI=1S/C17H12F3N5O/c1-2-21-16(26)25-14-8-7-12-15(24-14)23-13(9-22-12)10-3-5-11(6-4-10)17(18,19)20/h3-8H,2H2,1H3,(H-,21,23,24,25,26)/p+1. The molecule has 0 unspecified atom stereocenters. The Bertz CT molecular complexity index is 941. The van der Waals surface area contributed by atoms with Crippen LogP contribution in [0.1, 0.15) is 12.5 Å². The first-order valence-corrected chi connectivity index (χ1v) is 7.66. The van der Waals surface area contributed by atoms with Crippen LogP contribution in [0.15, 0.2) is 36.4 Å². The lowest BCUT2D eigenvalue weighted by Gasteiger charge is -2.06. The minimum atomic E-state index is -4.40. The Hall–Kier alpha value is -3.41. The molecule has 0 aliphatic carbocycles. The van der Waals surface area contributed by atoms with Gasteiger partial charge in [0.15, 0.2) is 5.69 Å². The molecule has 0 fully saturated rings. The Balaban J connectivity index is 1.91. The van der Waals surface area contributed by atoms with Crippen molar-refractivity contribution in [1.82, 2.24) is 15.3 Å². The summed E-state index contributed by atoms with van der Waals surface area (Å²) in [6, 6.07) is 7.31. The molecule has 3 aromatic rings. The molecule has 0 radical (unpaired) electrons. The maximum Gasteiger partial charge on any atom is 0.416 e. The third-order valence-corrected chi connectivity index (χ3v) is 3.42. The molecule has 1 aromatic carbocycles. The van der Waals surface area contributed by atoms with Crippen molar-refractivity contribution in [3.8, 4) is 11.3 Å². The molecule has 2 N–H and O–H groups in total. The van der Waals surface area contributed by atoms with E-state index in [-0.39, 0.29) is 17.2 Å². The van der Waals surface area contributed by atoms with E-state index >= 15 is 0 Å². The zero-order valence-corrected chi connectivity index (χ0v) is 13.6. The van der Waals surface area contributed by atoms with E-state index in [1.807, 2.05) is 0 Å². The van der Waals surface area contributed by atoms with Gasteiger partial charge in [-0.3, -0.25) is 5.32 Å². The number of urea groups is 1. The molecule has 26 heavy (non-hydrogen) atoms. The molecule has 0 atom stereocenters. The van der Waals surface area contributed by atoms with Gasteiger partial charge in [0.05, 0.1) is 5.56 Å². The third kappa shape index (κ3) is 3.80. The van der Waals surface area contributed by atoms with Crippen molar-refractivity contribution in [3.05, 3.63) is 48.2 Å². The highest BCUT2D eigenvalue weighted by Gasteiger charge is 2.30. The second kappa shape index (κ2) is 6.84. The van der Waals surface area contributed by atoms with Crippen LogP contribution in [0.25, 0.3) is 22.4 Å². The van der Waals surface area contributed by atoms with Gasteiger partial charge in [-0.2, -0.15) is 13.2 Å². The highest BCUT2D eigenvalue weighted by molar-refractivity contribution is 5.89. The summed E-state index contributed by atoms with van der Waals surface area (Å²) in [5.41, 5.74) is 0.627. The lowest BCUT2D eigenvalue weighted by molar-refractivity contribution is -0.258. The van der Waals surface area contributed by atoms with Crippen molar-refractivity contribution in [3.63, 3.8) is 0 Å². The van der Waals surface area contributed by atoms with Crippen LogP contribution >= 0.6 is 0 Å². The number of nitrogens with one attached hydrogen (secondary N) is 2. The normalized spacial score (nSPS) is 11.1. The molecule has 132 valence electrons. The van der Waals surface area contributed by atoms with Crippen LogP contribution in [-0.4, -0.2) is 22.5 Å². The van der Waals surface area contributed by atoms with Crippen molar-refractivity contribution >= 4 is 23.0 Å². The van der Waals surface area contributed by atoms with E-state index in [0.29, 0.717) is 17.6 Å². The summed E-state index contributed by atoms with van der Waals surface area (Å²) >= 11 is 0. The third-order valence-electron chi connectivity index (χ3n) is 3.42. The molecule has 0 saturated heterocycles. The van der Waals surface area contributed by atoms with Gasteiger partial charge in [0.25, 0.3) is 0 Å². The number of hydrogen-bond acceptors (Lipinski definition) is 3. The van der Waals surface area contributed by atoms with Crippen LogP contribution in [0.3, 0.4) is 0 Å². The number of rotatable bonds is 3. The first-order valence-electron chi connectivity index (χ1n) is 7.66. The summed E-state index contributed by atoms with van der Waals surface area (Å²) in [5.74, 6) is 0.280. The summed E-state index contributed by atoms with van der Waals surface area (Å²) in [6.45, 7) is 2.25. The summed E-state index contributed by atoms with van der Waals surface area (Å²) in [5, 5.41) is 5.13. The van der Waals surface area contributed by atoms with Crippen molar-refractivity contribution in [1.29, 1.82) is 0 Å². The van der Waals surface area contributed by atoms with Gasteiger partial charge in [0, 0.05) is 18.2 Å². The van der Waals surface area contributed by atoms with E-state index in [2.05, 4.69) is 31.8 Å². The molecule has 0 saturated carbocycles. The molecule has 2 heterocycles. The van der Waals surface area contributed by atoms with Crippen LogP contribution in [-0.2, 0) is 6.18 Å². The largest absolute Gasteiger partial charge is 0.416 e. The molecule has 2 aromatic heterocycles. The van der Waals surface area contributed by atoms with Gasteiger partial charge in [-0.05, 0) is 30.1 Å². The highest BCUT2D eigenvalue weighted by Crippen LogP contribution is 2.30. The minimum absolute atomic E-state index is 0.243. The summed E-state index contributed by atoms with van der Waals surface area (Å²) in [7, 11) is 0. The number of nitrogens with zero attached hydrogens (tertiary/aromatic N) is 3. The van der Waals surface area contributed by atoms with E-state index in [4.69, 9.17) is 0 Å². The van der Waals surface area contributed by atoms with E-state index in [1.165, 1.54) is 12.1 Å². The summed E-state index contributed by atoms with van der Waals surface area (Å²) < 4.78 is 37.9. The van der Waals surface area contributed by atoms with Crippen LogP contribution in [0.4, 0.5) is 23.8 Å². The topological polar surface area (TPSA) is 81.0 Å². The number of benzene rings is 1. The lowest BCUT2D eigenvalue weighted by Crippen LogP contribution is -2.28. The Labute approximate surface area is 146 Å². The van der Waals surface area contributed by atoms with Crippen LogP contribution in [0.2, 0.25) is 0 Å². The molecule has 0 bridgehead atoms. The second-order valence-electron chi connectivity index (χ2n) is 5.28. The first kappa shape index (κ1) is 17.4. The number of anilines is 1. The molecule has 6 nitrogen and oxygen atoms in total. The number of amides is 2. The van der Waals surface area contributed by atoms with Crippen LogP contribution < -0.4 is 15.6 Å². The van der Waals surface area contributed by atoms with Crippen molar-refractivity contribution in [2.75, 3.05) is 11.9 Å². The number of hydrogen-bond donors (Lipinski definition) is 2. The Morgan fingerprint density at radius 1 is 1.15 bits per heavy atom. The number of fused-ring (bicyclic) bond motifs is 1. The average Bonchev–Trinajstić information content (AvgIpc) is 2.60. The maximum atomic E-state index is 12.6. The number of pyridine rings is 1. The molecule has 0 aliphatic rings. The fourth-order valence-electron chi connectivity index (χ4n) is 2.19. The van der Waals surface area contributed by atoms with Crippen LogP contribution in [0, 0.1) is 6.20 Å². The Kier molecular flexibility index (Phi) is 4.58. The predicted molar refractivity (Wildman–Crippen MR) is 87.1 cm³/mol. The van der Waals surface area contributed by atoms with E-state index in [0.717, 1.165) is 12.1 Å². The molecular formula is C17H13F3N5O+. The monoisotopic (exact) mass is 360 g/mol. The Morgan fingerprint density at radius 3 is 2.54 bits per heavy atom. The second-order valence-corrected chi connectivity index (χ2v) is 5.28. The predicted octanol–water partition coefficient (Wildman–Crippen LogP) is 2.86. The molecular weight excluding hydrogens is 347 g/mol. The van der Waals surface area contributed by atoms with Gasteiger partial charge in [-0.1, -0.05) is 12.1 Å². The zero-order chi connectivity index (χ0) is 18.7. The van der Waals surface area contributed by atoms with Crippen molar-refractivity contribution < 1.29 is 22.9 Å².